The van der Waals surface area contributed by atoms with Gasteiger partial charge in [-0.15, -0.1) is 0 Å². The summed E-state index contributed by atoms with van der Waals surface area (Å²) >= 11 is 0. The lowest BCUT2D eigenvalue weighted by Crippen LogP contribution is -2.40. The van der Waals surface area contributed by atoms with Gasteiger partial charge in [0.15, 0.2) is 0 Å². The Hall–Kier alpha value is -3.62. The molecule has 4 rings (SSSR count). The number of likely N-dealkylation sites (tertiary alicyclic amines) is 1. The summed E-state index contributed by atoms with van der Waals surface area (Å²) in [5.74, 6) is 2.01. The molecule has 30 heavy (non-hydrogen) atoms. The van der Waals surface area contributed by atoms with E-state index in [0.29, 0.717) is 19.0 Å². The van der Waals surface area contributed by atoms with Gasteiger partial charge in [-0.1, -0.05) is 0 Å². The van der Waals surface area contributed by atoms with E-state index in [-0.39, 0.29) is 0 Å². The van der Waals surface area contributed by atoms with Gasteiger partial charge in [-0.05, 0) is 49.1 Å². The number of carbonyl (C=O) groups is 1. The fraction of sp³-hybridized carbons (Fsp3) is 0.333. The van der Waals surface area contributed by atoms with Crippen LogP contribution in [0.4, 0.5) is 22.1 Å². The number of nitrogens with one attached hydrogen (secondary N) is 1. The van der Waals surface area contributed by atoms with Gasteiger partial charge in [0.05, 0.1) is 5.69 Å². The highest BCUT2D eigenvalue weighted by atomic mass is 16.4. The first-order valence-corrected chi connectivity index (χ1v) is 9.96. The van der Waals surface area contributed by atoms with Crippen molar-refractivity contribution >= 4 is 23.4 Å². The van der Waals surface area contributed by atoms with Crippen molar-refractivity contribution in [2.45, 2.75) is 12.8 Å². The number of rotatable bonds is 6. The standard InChI is InChI=1S/C21H25N7O2/c1-26(14-16-7-11-27(12-8-16)21(29)30)20-13-19(22-15-23-20)25-17-3-5-18(6-4-17)28-10-2-9-24-28/h2-6,9-10,13,15-16H,7-8,11-12,14H2,1H3,(H,29,30)(H,22,23,25). The SMILES string of the molecule is CN(CC1CCN(C(=O)O)CC1)c1cc(Nc2ccc(-n3cccn3)cc2)ncn1. The van der Waals surface area contributed by atoms with Gasteiger partial charge in [-0.3, -0.25) is 0 Å². The molecule has 9 nitrogen and oxygen atoms in total. The zero-order valence-electron chi connectivity index (χ0n) is 16.8. The Morgan fingerprint density at radius 3 is 2.67 bits per heavy atom. The molecule has 156 valence electrons. The molecule has 1 amide bonds. The van der Waals surface area contributed by atoms with Crippen LogP contribution in [0.25, 0.3) is 5.69 Å². The van der Waals surface area contributed by atoms with Crippen LogP contribution in [0.3, 0.4) is 0 Å². The normalized spacial score (nSPS) is 14.5. The number of hydrogen-bond acceptors (Lipinski definition) is 6. The molecule has 0 atom stereocenters. The lowest BCUT2D eigenvalue weighted by atomic mass is 9.96. The Morgan fingerprint density at radius 2 is 2.00 bits per heavy atom. The molecule has 2 N–H and O–H groups in total. The van der Waals surface area contributed by atoms with Crippen molar-refractivity contribution in [3.05, 3.63) is 55.1 Å². The Kier molecular flexibility index (Phi) is 5.78. The van der Waals surface area contributed by atoms with Crippen LogP contribution in [0, 0.1) is 5.92 Å². The average Bonchev–Trinajstić information content (AvgIpc) is 3.30. The van der Waals surface area contributed by atoms with Gasteiger partial charge in [0.2, 0.25) is 0 Å². The van der Waals surface area contributed by atoms with Crippen LogP contribution >= 0.6 is 0 Å². The minimum Gasteiger partial charge on any atom is -0.465 e. The third-order valence-electron chi connectivity index (χ3n) is 5.37. The Balaban J connectivity index is 1.36. The van der Waals surface area contributed by atoms with Gasteiger partial charge >= 0.3 is 6.09 Å². The molecule has 1 fully saturated rings. The topological polar surface area (TPSA) is 99.4 Å². The van der Waals surface area contributed by atoms with Gasteiger partial charge in [0.25, 0.3) is 0 Å². The van der Waals surface area contributed by atoms with E-state index in [0.717, 1.165) is 42.4 Å². The summed E-state index contributed by atoms with van der Waals surface area (Å²) in [7, 11) is 2.01. The molecular formula is C21H25N7O2. The first kappa shape index (κ1) is 19.7. The number of piperidine rings is 1. The van der Waals surface area contributed by atoms with Crippen molar-refractivity contribution in [2.24, 2.45) is 5.92 Å². The molecule has 3 aromatic rings. The summed E-state index contributed by atoms with van der Waals surface area (Å²) in [6, 6.07) is 11.8. The molecule has 0 saturated carbocycles. The van der Waals surface area contributed by atoms with E-state index in [1.54, 1.807) is 12.5 Å². The van der Waals surface area contributed by atoms with E-state index in [1.807, 2.05) is 54.3 Å². The van der Waals surface area contributed by atoms with Crippen LogP contribution in [0.2, 0.25) is 0 Å². The van der Waals surface area contributed by atoms with Crippen molar-refractivity contribution in [3.63, 3.8) is 0 Å². The molecule has 0 radical (unpaired) electrons. The van der Waals surface area contributed by atoms with Gasteiger partial charge in [0.1, 0.15) is 18.0 Å². The van der Waals surface area contributed by atoms with E-state index >= 15 is 0 Å². The summed E-state index contributed by atoms with van der Waals surface area (Å²) in [4.78, 5) is 23.4. The first-order chi connectivity index (χ1) is 14.6. The van der Waals surface area contributed by atoms with Crippen molar-refractivity contribution in [2.75, 3.05) is 36.9 Å². The Bertz CT molecular complexity index is 967. The van der Waals surface area contributed by atoms with E-state index in [2.05, 4.69) is 25.3 Å². The van der Waals surface area contributed by atoms with E-state index in [1.165, 1.54) is 4.90 Å². The van der Waals surface area contributed by atoms with Crippen LogP contribution < -0.4 is 10.2 Å². The third-order valence-corrected chi connectivity index (χ3v) is 5.37. The smallest absolute Gasteiger partial charge is 0.407 e. The van der Waals surface area contributed by atoms with Gasteiger partial charge in [0, 0.05) is 50.8 Å². The highest BCUT2D eigenvalue weighted by Gasteiger charge is 2.23. The number of benzene rings is 1. The average molecular weight is 407 g/mol. The lowest BCUT2D eigenvalue weighted by molar-refractivity contribution is 0.125. The van der Waals surface area contributed by atoms with Crippen molar-refractivity contribution in [1.82, 2.24) is 24.6 Å². The second-order valence-corrected chi connectivity index (χ2v) is 7.48. The molecule has 1 saturated heterocycles. The van der Waals surface area contributed by atoms with E-state index < -0.39 is 6.09 Å². The molecule has 2 aromatic heterocycles. The van der Waals surface area contributed by atoms with Crippen LogP contribution in [-0.4, -0.2) is 62.5 Å². The van der Waals surface area contributed by atoms with Gasteiger partial charge < -0.3 is 20.2 Å². The Labute approximate surface area is 175 Å². The molecule has 0 bridgehead atoms. The minimum absolute atomic E-state index is 0.451. The van der Waals surface area contributed by atoms with Crippen molar-refractivity contribution in [3.8, 4) is 5.69 Å². The third kappa shape index (κ3) is 4.68. The predicted octanol–water partition coefficient (Wildman–Crippen LogP) is 3.23. The molecular weight excluding hydrogens is 382 g/mol. The molecule has 3 heterocycles. The summed E-state index contributed by atoms with van der Waals surface area (Å²) in [5.41, 5.74) is 1.92. The van der Waals surface area contributed by atoms with Crippen molar-refractivity contribution in [1.29, 1.82) is 0 Å². The maximum Gasteiger partial charge on any atom is 0.407 e. The fourth-order valence-electron chi connectivity index (χ4n) is 3.68. The van der Waals surface area contributed by atoms with Gasteiger partial charge in [-0.2, -0.15) is 5.10 Å². The molecule has 0 aliphatic carbocycles. The molecule has 9 heteroatoms. The summed E-state index contributed by atoms with van der Waals surface area (Å²) < 4.78 is 1.81. The minimum atomic E-state index is -0.828. The van der Waals surface area contributed by atoms with E-state index in [4.69, 9.17) is 5.11 Å². The van der Waals surface area contributed by atoms with Crippen LogP contribution in [0.15, 0.2) is 55.1 Å². The van der Waals surface area contributed by atoms with E-state index in [9.17, 15) is 4.79 Å². The van der Waals surface area contributed by atoms with Crippen LogP contribution in [0.1, 0.15) is 12.8 Å². The fourth-order valence-corrected chi connectivity index (χ4v) is 3.68. The highest BCUT2D eigenvalue weighted by Crippen LogP contribution is 2.23. The van der Waals surface area contributed by atoms with Crippen molar-refractivity contribution < 1.29 is 9.90 Å². The quantitative estimate of drug-likeness (QED) is 0.647. The maximum atomic E-state index is 11.1. The van der Waals surface area contributed by atoms with Crippen LogP contribution in [0.5, 0.6) is 0 Å². The molecule has 0 spiro atoms. The van der Waals surface area contributed by atoms with Crippen LogP contribution in [-0.2, 0) is 0 Å². The number of amides is 1. The second-order valence-electron chi connectivity index (χ2n) is 7.48. The number of hydrogen-bond donors (Lipinski definition) is 2. The summed E-state index contributed by atoms with van der Waals surface area (Å²) in [6.45, 7) is 2.03. The zero-order chi connectivity index (χ0) is 20.9. The largest absolute Gasteiger partial charge is 0.465 e. The molecule has 0 unspecified atom stereocenters. The maximum absolute atomic E-state index is 11.1. The first-order valence-electron chi connectivity index (χ1n) is 9.96. The van der Waals surface area contributed by atoms with Gasteiger partial charge in [-0.25, -0.2) is 19.4 Å². The second kappa shape index (κ2) is 8.81. The zero-order valence-corrected chi connectivity index (χ0v) is 16.8. The molecule has 1 aliphatic rings. The summed E-state index contributed by atoms with van der Waals surface area (Å²) in [5, 5.41) is 16.6. The monoisotopic (exact) mass is 407 g/mol. The number of aromatic nitrogens is 4. The number of anilines is 3. The lowest BCUT2D eigenvalue weighted by Gasteiger charge is -2.32. The molecule has 1 aliphatic heterocycles. The number of nitrogens with zero attached hydrogens (tertiary/aromatic N) is 6. The molecule has 1 aromatic carbocycles. The Morgan fingerprint density at radius 1 is 1.23 bits per heavy atom. The predicted molar refractivity (Wildman–Crippen MR) is 114 cm³/mol. The number of carboxylic acid groups (broad SMARTS) is 1. The highest BCUT2D eigenvalue weighted by molar-refractivity contribution is 5.65. The summed E-state index contributed by atoms with van der Waals surface area (Å²) in [6.07, 6.45) is 6.12.